The fraction of sp³-hybridized carbons (Fsp3) is 0.458. The second-order valence-electron chi connectivity index (χ2n) is 8.71. The summed E-state index contributed by atoms with van der Waals surface area (Å²) in [6.45, 7) is 1.54. The van der Waals surface area contributed by atoms with Crippen LogP contribution in [0.4, 0.5) is 0 Å². The van der Waals surface area contributed by atoms with Crippen LogP contribution >= 0.6 is 24.0 Å². The predicted octanol–water partition coefficient (Wildman–Crippen LogP) is 4.08. The number of para-hydroxylation sites is 1. The minimum absolute atomic E-state index is 0.0343. The Hall–Kier alpha value is -2.16. The average molecular weight is 470 g/mol. The summed E-state index contributed by atoms with van der Waals surface area (Å²) in [6, 6.07) is 8.29. The molecule has 2 aliphatic heterocycles. The van der Waals surface area contributed by atoms with E-state index in [0.717, 1.165) is 48.8 Å². The number of benzene rings is 1. The standard InChI is InChI=1S/C24H27N3O3S2/c28-22(25-17-6-1-2-7-17)15-26-13-16(19-9-3-4-10-20(19)26)12-21-23(29)27(24(31)32-21)14-18-8-5-11-30-18/h3-4,9-10,12-13,17-18H,1-2,5-8,11,14-15H2,(H,25,28)/b21-12-/t18-/m1/s1. The smallest absolute Gasteiger partial charge is 0.266 e. The van der Waals surface area contributed by atoms with Crippen LogP contribution in [0.5, 0.6) is 0 Å². The summed E-state index contributed by atoms with van der Waals surface area (Å²) in [6.07, 6.45) is 10.4. The van der Waals surface area contributed by atoms with Crippen LogP contribution in [0, 0.1) is 0 Å². The molecular formula is C24H27N3O3S2. The van der Waals surface area contributed by atoms with Crippen LogP contribution in [-0.2, 0) is 20.9 Å². The SMILES string of the molecule is O=C(Cn1cc(/C=C2\SC(=S)N(C[C@H]3CCCO3)C2=O)c2ccccc21)NC1CCCC1. The third-order valence-corrected chi connectivity index (χ3v) is 7.80. The number of aromatic nitrogens is 1. The fourth-order valence-electron chi connectivity index (χ4n) is 4.81. The summed E-state index contributed by atoms with van der Waals surface area (Å²) in [4.78, 5) is 28.0. The molecule has 5 rings (SSSR count). The minimum atomic E-state index is -0.0636. The zero-order valence-electron chi connectivity index (χ0n) is 17.9. The summed E-state index contributed by atoms with van der Waals surface area (Å²) in [5, 5.41) is 4.18. The molecule has 2 saturated heterocycles. The number of hydrogen-bond donors (Lipinski definition) is 1. The Labute approximate surface area is 197 Å². The van der Waals surface area contributed by atoms with E-state index >= 15 is 0 Å². The maximum Gasteiger partial charge on any atom is 0.266 e. The van der Waals surface area contributed by atoms with Gasteiger partial charge in [-0.1, -0.05) is 55.0 Å². The van der Waals surface area contributed by atoms with Gasteiger partial charge < -0.3 is 14.6 Å². The van der Waals surface area contributed by atoms with E-state index in [1.807, 2.05) is 41.1 Å². The Kier molecular flexibility index (Phi) is 6.35. The number of carbonyl (C=O) groups excluding carboxylic acids is 2. The highest BCUT2D eigenvalue weighted by Gasteiger charge is 2.34. The summed E-state index contributed by atoms with van der Waals surface area (Å²) in [7, 11) is 0. The largest absolute Gasteiger partial charge is 0.376 e. The van der Waals surface area contributed by atoms with Crippen LogP contribution < -0.4 is 5.32 Å². The molecule has 168 valence electrons. The molecule has 6 nitrogen and oxygen atoms in total. The molecule has 3 aliphatic rings. The van der Waals surface area contributed by atoms with Gasteiger partial charge in [0.25, 0.3) is 5.91 Å². The molecule has 0 spiro atoms. The van der Waals surface area contributed by atoms with Gasteiger partial charge in [-0.25, -0.2) is 0 Å². The van der Waals surface area contributed by atoms with Crippen LogP contribution in [0.1, 0.15) is 44.1 Å². The van der Waals surface area contributed by atoms with Gasteiger partial charge in [0.05, 0.1) is 17.6 Å². The van der Waals surface area contributed by atoms with Gasteiger partial charge in [0.2, 0.25) is 5.91 Å². The predicted molar refractivity (Wildman–Crippen MR) is 131 cm³/mol. The summed E-state index contributed by atoms with van der Waals surface area (Å²) in [5.41, 5.74) is 1.90. The number of thioether (sulfide) groups is 1. The number of fused-ring (bicyclic) bond motifs is 1. The molecule has 3 fully saturated rings. The van der Waals surface area contributed by atoms with Crippen LogP contribution in [0.15, 0.2) is 35.4 Å². The second-order valence-corrected chi connectivity index (χ2v) is 10.4. The fourth-order valence-corrected chi connectivity index (χ4v) is 6.08. The Morgan fingerprint density at radius 2 is 2.03 bits per heavy atom. The third-order valence-electron chi connectivity index (χ3n) is 6.42. The number of nitrogens with zero attached hydrogens (tertiary/aromatic N) is 2. The molecule has 8 heteroatoms. The molecule has 2 amide bonds. The lowest BCUT2D eigenvalue weighted by atomic mass is 10.1. The summed E-state index contributed by atoms with van der Waals surface area (Å²) < 4.78 is 8.24. The number of thiocarbonyl (C=S) groups is 1. The van der Waals surface area contributed by atoms with E-state index in [9.17, 15) is 9.59 Å². The van der Waals surface area contributed by atoms with Crippen molar-refractivity contribution in [2.24, 2.45) is 0 Å². The Morgan fingerprint density at radius 3 is 2.81 bits per heavy atom. The Morgan fingerprint density at radius 1 is 1.22 bits per heavy atom. The Balaban J connectivity index is 1.37. The number of nitrogens with one attached hydrogen (secondary N) is 1. The van der Waals surface area contributed by atoms with E-state index in [-0.39, 0.29) is 24.5 Å². The van der Waals surface area contributed by atoms with E-state index in [0.29, 0.717) is 21.8 Å². The van der Waals surface area contributed by atoms with Crippen molar-refractivity contribution in [2.45, 2.75) is 57.2 Å². The van der Waals surface area contributed by atoms with E-state index in [2.05, 4.69) is 5.32 Å². The minimum Gasteiger partial charge on any atom is -0.376 e. The van der Waals surface area contributed by atoms with Crippen molar-refractivity contribution in [3.8, 4) is 0 Å². The van der Waals surface area contributed by atoms with Crippen molar-refractivity contribution in [3.63, 3.8) is 0 Å². The highest BCUT2D eigenvalue weighted by atomic mass is 32.2. The van der Waals surface area contributed by atoms with Gasteiger partial charge in [-0.05, 0) is 37.8 Å². The number of carbonyl (C=O) groups is 2. The van der Waals surface area contributed by atoms with E-state index in [4.69, 9.17) is 17.0 Å². The molecule has 32 heavy (non-hydrogen) atoms. The molecule has 0 unspecified atom stereocenters. The maximum atomic E-state index is 13.0. The number of ether oxygens (including phenoxy) is 1. The van der Waals surface area contributed by atoms with Crippen molar-refractivity contribution in [1.29, 1.82) is 0 Å². The number of hydrogen-bond acceptors (Lipinski definition) is 5. The zero-order chi connectivity index (χ0) is 22.1. The van der Waals surface area contributed by atoms with E-state index in [1.165, 1.54) is 24.6 Å². The van der Waals surface area contributed by atoms with Crippen molar-refractivity contribution in [3.05, 3.63) is 40.9 Å². The molecule has 0 bridgehead atoms. The summed E-state index contributed by atoms with van der Waals surface area (Å²) >= 11 is 6.82. The molecule has 1 N–H and O–H groups in total. The maximum absolute atomic E-state index is 13.0. The first-order valence-corrected chi connectivity index (χ1v) is 12.5. The highest BCUT2D eigenvalue weighted by Crippen LogP contribution is 2.35. The van der Waals surface area contributed by atoms with Crippen LogP contribution in [-0.4, -0.2) is 50.9 Å². The molecule has 1 saturated carbocycles. The molecule has 1 atom stereocenters. The molecule has 0 radical (unpaired) electrons. The van der Waals surface area contributed by atoms with Crippen molar-refractivity contribution in [2.75, 3.05) is 13.2 Å². The monoisotopic (exact) mass is 469 g/mol. The molecule has 1 aromatic carbocycles. The lowest BCUT2D eigenvalue weighted by molar-refractivity contribution is -0.123. The van der Waals surface area contributed by atoms with Gasteiger partial charge in [0.1, 0.15) is 10.9 Å². The van der Waals surface area contributed by atoms with E-state index in [1.54, 1.807) is 4.90 Å². The summed E-state index contributed by atoms with van der Waals surface area (Å²) in [5.74, 6) is -0.0293. The second kappa shape index (κ2) is 9.37. The number of rotatable bonds is 6. The zero-order valence-corrected chi connectivity index (χ0v) is 19.6. The lowest BCUT2D eigenvalue weighted by Gasteiger charge is -2.18. The van der Waals surface area contributed by atoms with Crippen molar-refractivity contribution < 1.29 is 14.3 Å². The topological polar surface area (TPSA) is 63.6 Å². The van der Waals surface area contributed by atoms with Gasteiger partial charge >= 0.3 is 0 Å². The third kappa shape index (κ3) is 4.49. The molecule has 1 aliphatic carbocycles. The molecule has 2 aromatic rings. The highest BCUT2D eigenvalue weighted by molar-refractivity contribution is 8.26. The first kappa shape index (κ1) is 21.7. The average Bonchev–Trinajstić information content (AvgIpc) is 3.57. The molecule has 1 aromatic heterocycles. The van der Waals surface area contributed by atoms with Crippen molar-refractivity contribution >= 4 is 57.1 Å². The van der Waals surface area contributed by atoms with Gasteiger partial charge in [-0.3, -0.25) is 14.5 Å². The van der Waals surface area contributed by atoms with Crippen molar-refractivity contribution in [1.82, 2.24) is 14.8 Å². The van der Waals surface area contributed by atoms with Gasteiger partial charge in [0, 0.05) is 35.3 Å². The van der Waals surface area contributed by atoms with Crippen LogP contribution in [0.25, 0.3) is 17.0 Å². The van der Waals surface area contributed by atoms with Crippen LogP contribution in [0.3, 0.4) is 0 Å². The quantitative estimate of drug-likeness (QED) is 0.510. The van der Waals surface area contributed by atoms with Gasteiger partial charge in [-0.15, -0.1) is 0 Å². The normalized spacial score (nSPS) is 23.2. The molecular weight excluding hydrogens is 442 g/mol. The number of amides is 2. The first-order valence-electron chi connectivity index (χ1n) is 11.3. The van der Waals surface area contributed by atoms with Crippen LogP contribution in [0.2, 0.25) is 0 Å². The Bertz CT molecular complexity index is 1080. The lowest BCUT2D eigenvalue weighted by Crippen LogP contribution is -2.35. The van der Waals surface area contributed by atoms with Gasteiger partial charge in [0.15, 0.2) is 0 Å². The van der Waals surface area contributed by atoms with Gasteiger partial charge in [-0.2, -0.15) is 0 Å². The van der Waals surface area contributed by atoms with E-state index < -0.39 is 0 Å². The first-order chi connectivity index (χ1) is 15.6. The molecule has 3 heterocycles.